The molecule has 1 amide bonds. The molecule has 0 unspecified atom stereocenters. The summed E-state index contributed by atoms with van der Waals surface area (Å²) >= 11 is 2.80. The Kier molecular flexibility index (Phi) is 4.32. The summed E-state index contributed by atoms with van der Waals surface area (Å²) in [6.07, 6.45) is -2.90. The lowest BCUT2D eigenvalue weighted by molar-refractivity contribution is -0.142. The number of carbonyl (C=O) groups is 1. The fourth-order valence-electron chi connectivity index (χ4n) is 2.01. The number of amides is 1. The van der Waals surface area contributed by atoms with Crippen LogP contribution < -0.4 is 5.32 Å². The number of rotatable bonds is 3. The zero-order chi connectivity index (χ0) is 16.7. The number of alkyl halides is 3. The smallest absolute Gasteiger partial charge is 0.346 e. The molecule has 2 heterocycles. The average Bonchev–Trinajstić information content (AvgIpc) is 2.85. The van der Waals surface area contributed by atoms with E-state index in [1.807, 2.05) is 0 Å². The standard InChI is InChI=1S/C12H13BrF3N5O/c1-6-7(5-20(2)18-6)4-17-11(22)9-8(13)10(12(14,15)16)19-21(9)3/h5H,4H2,1-3H3,(H,17,22). The molecule has 2 aromatic heterocycles. The van der Waals surface area contributed by atoms with Crippen LogP contribution in [0, 0.1) is 6.92 Å². The predicted octanol–water partition coefficient (Wildman–Crippen LogP) is 2.17. The quantitative estimate of drug-likeness (QED) is 0.888. The Morgan fingerprint density at radius 3 is 2.45 bits per heavy atom. The number of halogens is 4. The van der Waals surface area contributed by atoms with Crippen molar-refractivity contribution in [1.82, 2.24) is 24.9 Å². The van der Waals surface area contributed by atoms with Crippen LogP contribution in [0.2, 0.25) is 0 Å². The third kappa shape index (κ3) is 3.16. The molecule has 2 aromatic rings. The summed E-state index contributed by atoms with van der Waals surface area (Å²) in [5.74, 6) is -0.652. The van der Waals surface area contributed by atoms with E-state index in [9.17, 15) is 18.0 Å². The highest BCUT2D eigenvalue weighted by Gasteiger charge is 2.39. The third-order valence-corrected chi connectivity index (χ3v) is 3.78. The van der Waals surface area contributed by atoms with Gasteiger partial charge in [0.25, 0.3) is 5.91 Å². The molecule has 0 aliphatic rings. The third-order valence-electron chi connectivity index (χ3n) is 3.03. The van der Waals surface area contributed by atoms with Crippen molar-refractivity contribution < 1.29 is 18.0 Å². The Morgan fingerprint density at radius 2 is 2.00 bits per heavy atom. The monoisotopic (exact) mass is 379 g/mol. The minimum absolute atomic E-state index is 0.164. The number of hydrogen-bond acceptors (Lipinski definition) is 3. The Hall–Kier alpha value is -1.84. The molecule has 22 heavy (non-hydrogen) atoms. The summed E-state index contributed by atoms with van der Waals surface area (Å²) in [7, 11) is 3.02. The fraction of sp³-hybridized carbons (Fsp3) is 0.417. The van der Waals surface area contributed by atoms with Gasteiger partial charge in [0.05, 0.1) is 10.2 Å². The van der Waals surface area contributed by atoms with Gasteiger partial charge in [-0.2, -0.15) is 23.4 Å². The molecule has 0 bridgehead atoms. The lowest BCUT2D eigenvalue weighted by atomic mass is 10.2. The van der Waals surface area contributed by atoms with E-state index in [4.69, 9.17) is 0 Å². The van der Waals surface area contributed by atoms with Crippen molar-refractivity contribution in [1.29, 1.82) is 0 Å². The predicted molar refractivity (Wildman–Crippen MR) is 75.0 cm³/mol. The maximum atomic E-state index is 12.8. The summed E-state index contributed by atoms with van der Waals surface area (Å²) in [6, 6.07) is 0. The average molecular weight is 380 g/mol. The van der Waals surface area contributed by atoms with Crippen molar-refractivity contribution >= 4 is 21.8 Å². The fourth-order valence-corrected chi connectivity index (χ4v) is 2.75. The van der Waals surface area contributed by atoms with Crippen LogP contribution in [0.15, 0.2) is 10.7 Å². The number of nitrogens with zero attached hydrogens (tertiary/aromatic N) is 4. The normalized spacial score (nSPS) is 11.8. The van der Waals surface area contributed by atoms with E-state index in [0.717, 1.165) is 15.9 Å². The summed E-state index contributed by atoms with van der Waals surface area (Å²) in [5.41, 5.74) is 0.208. The van der Waals surface area contributed by atoms with Crippen LogP contribution in [0.1, 0.15) is 27.4 Å². The van der Waals surface area contributed by atoms with Gasteiger partial charge in [0.15, 0.2) is 5.69 Å². The number of hydrogen-bond donors (Lipinski definition) is 1. The number of carbonyl (C=O) groups excluding carboxylic acids is 1. The van der Waals surface area contributed by atoms with Crippen LogP contribution >= 0.6 is 15.9 Å². The molecule has 0 atom stereocenters. The second-order valence-corrected chi connectivity index (χ2v) is 5.52. The van der Waals surface area contributed by atoms with Crippen molar-refractivity contribution in [2.75, 3.05) is 0 Å². The van der Waals surface area contributed by atoms with Gasteiger partial charge in [-0.25, -0.2) is 0 Å². The second-order valence-electron chi connectivity index (χ2n) is 4.73. The highest BCUT2D eigenvalue weighted by molar-refractivity contribution is 9.10. The summed E-state index contributed by atoms with van der Waals surface area (Å²) in [5, 5.41) is 10.0. The van der Waals surface area contributed by atoms with Crippen molar-refractivity contribution in [2.24, 2.45) is 14.1 Å². The molecule has 0 aliphatic heterocycles. The lowest BCUT2D eigenvalue weighted by Gasteiger charge is -2.05. The van der Waals surface area contributed by atoms with Crippen molar-refractivity contribution in [3.63, 3.8) is 0 Å². The Labute approximate surface area is 132 Å². The molecular formula is C12H13BrF3N5O. The molecule has 1 N–H and O–H groups in total. The number of nitrogens with one attached hydrogen (secondary N) is 1. The van der Waals surface area contributed by atoms with E-state index >= 15 is 0 Å². The van der Waals surface area contributed by atoms with Crippen molar-refractivity contribution in [2.45, 2.75) is 19.6 Å². The van der Waals surface area contributed by atoms with Gasteiger partial charge < -0.3 is 5.32 Å². The van der Waals surface area contributed by atoms with Crippen LogP contribution in [0.3, 0.4) is 0 Å². The van der Waals surface area contributed by atoms with E-state index in [-0.39, 0.29) is 16.7 Å². The SMILES string of the molecule is Cc1nn(C)cc1CNC(=O)c1c(Br)c(C(F)(F)F)nn1C. The van der Waals surface area contributed by atoms with Crippen LogP contribution in [-0.2, 0) is 26.8 Å². The van der Waals surface area contributed by atoms with Gasteiger partial charge in [-0.3, -0.25) is 14.2 Å². The Bertz CT molecular complexity index is 719. The van der Waals surface area contributed by atoms with Crippen LogP contribution in [-0.4, -0.2) is 25.5 Å². The molecule has 120 valence electrons. The van der Waals surface area contributed by atoms with Crippen molar-refractivity contribution in [3.8, 4) is 0 Å². The number of aryl methyl sites for hydroxylation is 3. The van der Waals surface area contributed by atoms with Gasteiger partial charge in [-0.15, -0.1) is 0 Å². The largest absolute Gasteiger partial charge is 0.436 e. The van der Waals surface area contributed by atoms with E-state index in [2.05, 4.69) is 31.4 Å². The highest BCUT2D eigenvalue weighted by atomic mass is 79.9. The Morgan fingerprint density at radius 1 is 1.36 bits per heavy atom. The topological polar surface area (TPSA) is 64.7 Å². The Balaban J connectivity index is 2.20. The molecule has 0 aromatic carbocycles. The highest BCUT2D eigenvalue weighted by Crippen LogP contribution is 2.35. The maximum absolute atomic E-state index is 12.8. The zero-order valence-corrected chi connectivity index (χ0v) is 13.6. The van der Waals surface area contributed by atoms with Crippen molar-refractivity contribution in [3.05, 3.63) is 33.3 Å². The molecule has 0 saturated carbocycles. The molecule has 10 heteroatoms. The molecule has 0 aliphatic carbocycles. The van der Waals surface area contributed by atoms with Crippen LogP contribution in [0.25, 0.3) is 0 Å². The first-order valence-electron chi connectivity index (χ1n) is 6.18. The molecule has 0 spiro atoms. The summed E-state index contributed by atoms with van der Waals surface area (Å²) in [6.45, 7) is 1.95. The second kappa shape index (κ2) is 5.75. The first kappa shape index (κ1) is 16.5. The van der Waals surface area contributed by atoms with Gasteiger partial charge in [0, 0.05) is 32.4 Å². The van der Waals surface area contributed by atoms with Crippen LogP contribution in [0.5, 0.6) is 0 Å². The molecule has 0 radical (unpaired) electrons. The van der Waals surface area contributed by atoms with E-state index < -0.39 is 17.8 Å². The van der Waals surface area contributed by atoms with Gasteiger partial charge in [0.2, 0.25) is 0 Å². The minimum atomic E-state index is -4.63. The van der Waals surface area contributed by atoms with Gasteiger partial charge in [-0.05, 0) is 22.9 Å². The van der Waals surface area contributed by atoms with Crippen LogP contribution in [0.4, 0.5) is 13.2 Å². The van der Waals surface area contributed by atoms with E-state index in [1.54, 1.807) is 24.9 Å². The minimum Gasteiger partial charge on any atom is -0.346 e. The van der Waals surface area contributed by atoms with Gasteiger partial charge in [0.1, 0.15) is 5.69 Å². The molecular weight excluding hydrogens is 367 g/mol. The number of aromatic nitrogens is 4. The molecule has 2 rings (SSSR count). The maximum Gasteiger partial charge on any atom is 0.436 e. The first-order chi connectivity index (χ1) is 10.1. The zero-order valence-electron chi connectivity index (χ0n) is 12.0. The summed E-state index contributed by atoms with van der Waals surface area (Å²) < 4.78 is 40.4. The molecule has 6 nitrogen and oxygen atoms in total. The first-order valence-corrected chi connectivity index (χ1v) is 6.97. The van der Waals surface area contributed by atoms with E-state index in [0.29, 0.717) is 0 Å². The van der Waals surface area contributed by atoms with Gasteiger partial charge in [-0.1, -0.05) is 0 Å². The molecule has 0 saturated heterocycles. The van der Waals surface area contributed by atoms with E-state index in [1.165, 1.54) is 7.05 Å². The molecule has 0 fully saturated rings. The van der Waals surface area contributed by atoms with Gasteiger partial charge >= 0.3 is 6.18 Å². The summed E-state index contributed by atoms with van der Waals surface area (Å²) in [4.78, 5) is 12.1. The lowest BCUT2D eigenvalue weighted by Crippen LogP contribution is -2.25.